The molecule has 0 unspecified atom stereocenters. The number of hydrogen-bond donors (Lipinski definition) is 4. The molecule has 0 amide bonds. The van der Waals surface area contributed by atoms with Crippen LogP contribution in [0.1, 0.15) is 99.6 Å². The molecule has 4 N–H and O–H groups in total. The maximum Gasteiger partial charge on any atom is 0.338 e. The van der Waals surface area contributed by atoms with Crippen LogP contribution in [0.5, 0.6) is 0 Å². The van der Waals surface area contributed by atoms with Gasteiger partial charge in [-0.1, -0.05) is 190 Å². The van der Waals surface area contributed by atoms with E-state index in [2.05, 4.69) is 173 Å². The van der Waals surface area contributed by atoms with Crippen molar-refractivity contribution in [2.75, 3.05) is 13.2 Å². The third kappa shape index (κ3) is 12.6. The van der Waals surface area contributed by atoms with Gasteiger partial charge in [-0.05, 0) is 162 Å². The molecule has 0 radical (unpaired) electrons. The number of aromatic amines is 4. The predicted octanol–water partition coefficient (Wildman–Crippen LogP) is 21.2. The molecule has 16 rings (SSSR count). The van der Waals surface area contributed by atoms with Gasteiger partial charge in [0, 0.05) is 94.7 Å². The molecule has 0 aliphatic carbocycles. The molecule has 16 bridgehead atoms. The van der Waals surface area contributed by atoms with Gasteiger partial charge in [-0.2, -0.15) is 0 Å². The Hall–Kier alpha value is -12.8. The highest BCUT2D eigenvalue weighted by Crippen LogP contribution is 2.40. The van der Waals surface area contributed by atoms with Gasteiger partial charge >= 0.3 is 11.9 Å². The Morgan fingerprint density at radius 2 is 0.650 bits per heavy atom. The van der Waals surface area contributed by atoms with Crippen molar-refractivity contribution in [3.63, 3.8) is 0 Å². The van der Waals surface area contributed by atoms with Gasteiger partial charge in [0.15, 0.2) is 0 Å². The van der Waals surface area contributed by atoms with E-state index in [1.165, 1.54) is 6.08 Å². The van der Waals surface area contributed by atoms with Gasteiger partial charge in [0.1, 0.15) is 13.2 Å². The summed E-state index contributed by atoms with van der Waals surface area (Å²) in [5, 5.41) is 0. The SMILES string of the molecule is CCCCCCc1c2nc(c(-c3ccccc3)c3ccc([nH]3)c(-c3ccccc3)c3nc(c(-c4ccc(C(=O)OCCOC(=O)/C=C/c5c6nc(c(-c7ccccc7)c7ccc([nH]7)c(-c7ccccc7)c7nc(c(-c8ccccc8)c8ccc5[nH]8)C=C7)C=C6)cc4)c4ccc1[nH]4)C=C3)C=C2. The molecular weight excluding hydrogens is 1230 g/mol. The predicted molar refractivity (Wildman–Crippen MR) is 408 cm³/mol. The van der Waals surface area contributed by atoms with Crippen LogP contribution in [-0.2, 0) is 20.7 Å². The molecule has 0 spiro atoms. The summed E-state index contributed by atoms with van der Waals surface area (Å²) in [6, 6.07) is 75.8. The fourth-order valence-corrected chi connectivity index (χ4v) is 13.8. The van der Waals surface area contributed by atoms with Crippen molar-refractivity contribution in [1.82, 2.24) is 39.9 Å². The van der Waals surface area contributed by atoms with Crippen LogP contribution in [-0.4, -0.2) is 65.0 Å². The Bertz CT molecular complexity index is 5630. The van der Waals surface area contributed by atoms with Crippen LogP contribution in [0.2, 0.25) is 0 Å². The number of fused-ring (bicyclic) bond motifs is 16. The number of aryl methyl sites for hydroxylation is 1. The molecular formula is C88H68N8O4. The Morgan fingerprint density at radius 3 is 1.06 bits per heavy atom. The van der Waals surface area contributed by atoms with Crippen LogP contribution in [0.4, 0.5) is 0 Å². The highest BCUT2D eigenvalue weighted by atomic mass is 16.6. The molecule has 0 atom stereocenters. The average molecular weight is 1300 g/mol. The van der Waals surface area contributed by atoms with E-state index >= 15 is 0 Å². The summed E-state index contributed by atoms with van der Waals surface area (Å²) >= 11 is 0. The third-order valence-corrected chi connectivity index (χ3v) is 18.6. The lowest BCUT2D eigenvalue weighted by Crippen LogP contribution is -2.13. The van der Waals surface area contributed by atoms with E-state index in [1.54, 1.807) is 18.2 Å². The lowest BCUT2D eigenvalue weighted by molar-refractivity contribution is -0.138. The molecule has 6 aromatic carbocycles. The van der Waals surface area contributed by atoms with Crippen molar-refractivity contribution in [2.24, 2.45) is 0 Å². The first-order valence-electron chi connectivity index (χ1n) is 34.1. The van der Waals surface area contributed by atoms with E-state index in [4.69, 9.17) is 29.4 Å². The third-order valence-electron chi connectivity index (χ3n) is 18.6. The summed E-state index contributed by atoms with van der Waals surface area (Å²) in [6.45, 7) is 1.89. The average Bonchev–Trinajstić information content (AvgIpc) is 1.62. The molecule has 12 heteroatoms. The summed E-state index contributed by atoms with van der Waals surface area (Å²) in [6.07, 6.45) is 25.0. The number of benzene rings is 6. The van der Waals surface area contributed by atoms with Gasteiger partial charge in [-0.25, -0.2) is 29.5 Å². The van der Waals surface area contributed by atoms with Crippen LogP contribution in [0.25, 0.3) is 166 Å². The molecule has 4 aliphatic rings. The Morgan fingerprint density at radius 1 is 0.330 bits per heavy atom. The highest BCUT2D eigenvalue weighted by Gasteiger charge is 2.22. The van der Waals surface area contributed by atoms with Gasteiger partial charge in [0.25, 0.3) is 0 Å². The second-order valence-electron chi connectivity index (χ2n) is 25.0. The molecule has 484 valence electrons. The van der Waals surface area contributed by atoms with Crippen LogP contribution in [0.3, 0.4) is 0 Å². The number of esters is 2. The number of nitrogens with one attached hydrogen (secondary N) is 4. The first-order chi connectivity index (χ1) is 49.3. The van der Waals surface area contributed by atoms with Crippen molar-refractivity contribution in [1.29, 1.82) is 0 Å². The molecule has 0 saturated heterocycles. The molecule has 6 aromatic heterocycles. The molecule has 0 fully saturated rings. The number of aromatic nitrogens is 8. The largest absolute Gasteiger partial charge is 0.459 e. The van der Waals surface area contributed by atoms with Crippen molar-refractivity contribution in [3.05, 3.63) is 293 Å². The minimum Gasteiger partial charge on any atom is -0.459 e. The fraction of sp³-hybridized carbons (Fsp3) is 0.0909. The molecule has 10 heterocycles. The Balaban J connectivity index is 0.710. The maximum absolute atomic E-state index is 13.9. The van der Waals surface area contributed by atoms with E-state index in [0.29, 0.717) is 16.8 Å². The zero-order valence-corrected chi connectivity index (χ0v) is 55.0. The molecule has 100 heavy (non-hydrogen) atoms. The molecule has 4 aliphatic heterocycles. The van der Waals surface area contributed by atoms with Gasteiger partial charge in [0.2, 0.25) is 0 Å². The second-order valence-corrected chi connectivity index (χ2v) is 25.0. The molecule has 0 saturated carbocycles. The van der Waals surface area contributed by atoms with Gasteiger partial charge in [-0.3, -0.25) is 0 Å². The zero-order chi connectivity index (χ0) is 67.3. The maximum atomic E-state index is 13.9. The fourth-order valence-electron chi connectivity index (χ4n) is 13.8. The summed E-state index contributed by atoms with van der Waals surface area (Å²) < 4.78 is 11.5. The quantitative estimate of drug-likeness (QED) is 0.0397. The van der Waals surface area contributed by atoms with Gasteiger partial charge < -0.3 is 29.4 Å². The summed E-state index contributed by atoms with van der Waals surface area (Å²) in [7, 11) is 0. The smallest absolute Gasteiger partial charge is 0.338 e. The lowest BCUT2D eigenvalue weighted by Gasteiger charge is -2.08. The number of ether oxygens (including phenoxy) is 2. The Kier molecular flexibility index (Phi) is 17.2. The minimum absolute atomic E-state index is 0.169. The van der Waals surface area contributed by atoms with Crippen LogP contribution < -0.4 is 0 Å². The van der Waals surface area contributed by atoms with Crippen molar-refractivity contribution < 1.29 is 19.1 Å². The van der Waals surface area contributed by atoms with E-state index in [0.717, 1.165) is 188 Å². The van der Waals surface area contributed by atoms with Crippen molar-refractivity contribution >= 4 is 111 Å². The summed E-state index contributed by atoms with van der Waals surface area (Å²) in [4.78, 5) is 64.5. The van der Waals surface area contributed by atoms with E-state index in [9.17, 15) is 9.59 Å². The van der Waals surface area contributed by atoms with Crippen LogP contribution in [0, 0.1) is 0 Å². The van der Waals surface area contributed by atoms with E-state index < -0.39 is 11.9 Å². The molecule has 12 aromatic rings. The summed E-state index contributed by atoms with van der Waals surface area (Å²) in [5.41, 5.74) is 27.1. The van der Waals surface area contributed by atoms with Crippen molar-refractivity contribution in [2.45, 2.75) is 39.0 Å². The lowest BCUT2D eigenvalue weighted by atomic mass is 10.0. The number of carbonyl (C=O) groups excluding carboxylic acids is 2. The number of H-pyrrole nitrogens is 4. The zero-order valence-electron chi connectivity index (χ0n) is 55.0. The number of nitrogens with zero attached hydrogens (tertiary/aromatic N) is 4. The van der Waals surface area contributed by atoms with Gasteiger partial charge in [0.05, 0.1) is 51.1 Å². The molecule has 12 nitrogen and oxygen atoms in total. The van der Waals surface area contributed by atoms with Crippen LogP contribution >= 0.6 is 0 Å². The Labute approximate surface area is 578 Å². The first-order valence-corrected chi connectivity index (χ1v) is 34.1. The second kappa shape index (κ2) is 27.7. The number of hydrogen-bond acceptors (Lipinski definition) is 8. The summed E-state index contributed by atoms with van der Waals surface area (Å²) in [5.74, 6) is -1.17. The van der Waals surface area contributed by atoms with Crippen molar-refractivity contribution in [3.8, 4) is 66.8 Å². The highest BCUT2D eigenvalue weighted by molar-refractivity contribution is 6.02. The first kappa shape index (κ1) is 62.0. The van der Waals surface area contributed by atoms with Gasteiger partial charge in [-0.15, -0.1) is 0 Å². The standard InChI is InChI=1S/C88H68N8O4/c1-2-3-4-20-31-63-65-37-41-69(89-65)82(56-21-10-5-11-22-56)73-45-48-78(93-73)86(60-29-18-9-19-30-60)79-51-52-80(96-79)87(72-42-38-66(63)90-72)61-32-34-62(35-33-61)88(98)100-55-54-99-81(97)53-36-64-67-39-43-70(91-67)83(57-23-12-6-13-24-57)74-46-49-76(94-74)85(59-27-16-8-17-28-59)77-50-47-75(95-77)84(58-25-14-7-15-26-58)71-44-40-68(64)92-71/h5-19,21-30,32-53,90-91,93,95H,2-4,20,31,54-55H2,1H3/b53-36+,65-63?,66-63?,67-64?,68-64?,82-69?,82-73?,83-70?,83-74?,84-71?,84-75?,85-76?,85-77?,86-78?,86-79?,87-72?,87-80?. The number of rotatable bonds is 17. The van der Waals surface area contributed by atoms with E-state index in [-0.39, 0.29) is 13.2 Å². The minimum atomic E-state index is -0.619. The van der Waals surface area contributed by atoms with Crippen LogP contribution in [0.15, 0.2) is 231 Å². The number of unbranched alkanes of at least 4 members (excludes halogenated alkanes) is 3. The topological polar surface area (TPSA) is 167 Å². The number of carbonyl (C=O) groups is 2. The monoisotopic (exact) mass is 1300 g/mol. The normalized spacial score (nSPS) is 12.2. The van der Waals surface area contributed by atoms with E-state index in [1.807, 2.05) is 115 Å².